The van der Waals surface area contributed by atoms with E-state index in [9.17, 15) is 0 Å². The summed E-state index contributed by atoms with van der Waals surface area (Å²) in [5.74, 6) is -2.59. The van der Waals surface area contributed by atoms with Crippen molar-refractivity contribution in [3.8, 4) is 0 Å². The third-order valence-corrected chi connectivity index (χ3v) is 3.49. The van der Waals surface area contributed by atoms with E-state index in [0.29, 0.717) is 13.2 Å². The molecule has 110 valence electrons. The van der Waals surface area contributed by atoms with Gasteiger partial charge < -0.3 is 23.7 Å². The summed E-state index contributed by atoms with van der Waals surface area (Å²) >= 11 is 0. The van der Waals surface area contributed by atoms with Crippen molar-refractivity contribution in [3.63, 3.8) is 0 Å². The normalized spacial score (nSPS) is 46.9. The minimum Gasteiger partial charge on any atom is -0.348 e. The van der Waals surface area contributed by atoms with Crippen LogP contribution in [-0.2, 0) is 28.4 Å². The Morgan fingerprint density at radius 2 is 1.79 bits per heavy atom. The lowest BCUT2D eigenvalue weighted by molar-refractivity contribution is -0.385. The van der Waals surface area contributed by atoms with Crippen LogP contribution in [0.3, 0.4) is 0 Å². The Labute approximate surface area is 113 Å². The highest BCUT2D eigenvalue weighted by Gasteiger charge is 2.68. The first-order valence-electron chi connectivity index (χ1n) is 6.78. The highest BCUT2D eigenvalue weighted by Crippen LogP contribution is 2.49. The number of ether oxygens (including phenoxy) is 6. The van der Waals surface area contributed by atoms with Crippen molar-refractivity contribution >= 4 is 0 Å². The van der Waals surface area contributed by atoms with Crippen LogP contribution in [0.25, 0.3) is 0 Å². The topological polar surface area (TPSA) is 55.4 Å². The van der Waals surface area contributed by atoms with E-state index in [1.807, 2.05) is 34.6 Å². The standard InChI is InChI=1S/C13H22O6/c1-6-14-13-10(18-12(4,5)19-13)9-8(16-13)7-15-11(2,3)17-9/h8-10H,6-7H2,1-5H3/t8?,9?,10?,13-/m1/s1. The van der Waals surface area contributed by atoms with Gasteiger partial charge >= 0.3 is 5.97 Å². The second kappa shape index (κ2) is 4.13. The molecule has 6 heteroatoms. The molecule has 19 heavy (non-hydrogen) atoms. The number of hydrogen-bond donors (Lipinski definition) is 0. The zero-order valence-electron chi connectivity index (χ0n) is 12.1. The van der Waals surface area contributed by atoms with Gasteiger partial charge in [-0.25, -0.2) is 0 Å². The lowest BCUT2D eigenvalue weighted by Crippen LogP contribution is -2.51. The molecule has 0 aliphatic carbocycles. The molecule has 3 unspecified atom stereocenters. The van der Waals surface area contributed by atoms with E-state index in [1.165, 1.54) is 0 Å². The third kappa shape index (κ3) is 2.20. The third-order valence-electron chi connectivity index (χ3n) is 3.49. The van der Waals surface area contributed by atoms with Gasteiger partial charge in [0.1, 0.15) is 12.2 Å². The molecular weight excluding hydrogens is 252 g/mol. The van der Waals surface area contributed by atoms with Gasteiger partial charge in [-0.2, -0.15) is 0 Å². The second-order valence-electron chi connectivity index (χ2n) is 6.03. The minimum atomic E-state index is -1.18. The first-order chi connectivity index (χ1) is 8.77. The maximum atomic E-state index is 5.94. The highest BCUT2D eigenvalue weighted by molar-refractivity contribution is 5.01. The minimum absolute atomic E-state index is 0.235. The van der Waals surface area contributed by atoms with Crippen LogP contribution in [0.2, 0.25) is 0 Å². The van der Waals surface area contributed by atoms with E-state index in [-0.39, 0.29) is 12.2 Å². The summed E-state index contributed by atoms with van der Waals surface area (Å²) in [7, 11) is 0. The molecule has 0 aromatic heterocycles. The number of hydrogen-bond acceptors (Lipinski definition) is 6. The molecule has 3 saturated heterocycles. The average Bonchev–Trinajstić information content (AvgIpc) is 2.66. The van der Waals surface area contributed by atoms with Crippen LogP contribution >= 0.6 is 0 Å². The van der Waals surface area contributed by atoms with Gasteiger partial charge in [-0.3, -0.25) is 4.74 Å². The SMILES string of the molecule is CCO[C@@]12OC3COC(C)(C)OC3C1OC(C)(C)O2. The molecule has 3 rings (SSSR count). The molecule has 0 aromatic carbocycles. The Kier molecular flexibility index (Phi) is 2.98. The quantitative estimate of drug-likeness (QED) is 0.758. The van der Waals surface area contributed by atoms with E-state index in [4.69, 9.17) is 28.4 Å². The van der Waals surface area contributed by atoms with Crippen LogP contribution in [0.1, 0.15) is 34.6 Å². The summed E-state index contributed by atoms with van der Waals surface area (Å²) in [4.78, 5) is 0. The van der Waals surface area contributed by atoms with Gasteiger partial charge in [-0.05, 0) is 34.6 Å². The van der Waals surface area contributed by atoms with E-state index >= 15 is 0 Å². The van der Waals surface area contributed by atoms with Crippen molar-refractivity contribution in [2.24, 2.45) is 0 Å². The average molecular weight is 274 g/mol. The molecule has 3 aliphatic heterocycles. The van der Waals surface area contributed by atoms with Gasteiger partial charge in [0.25, 0.3) is 0 Å². The summed E-state index contributed by atoms with van der Waals surface area (Å²) in [6, 6.07) is 0. The Morgan fingerprint density at radius 3 is 2.47 bits per heavy atom. The first-order valence-corrected chi connectivity index (χ1v) is 6.78. The number of rotatable bonds is 2. The van der Waals surface area contributed by atoms with Crippen LogP contribution in [0.5, 0.6) is 0 Å². The Bertz CT molecular complexity index is 368. The lowest BCUT2D eigenvalue weighted by atomic mass is 10.1. The van der Waals surface area contributed by atoms with Gasteiger partial charge in [-0.1, -0.05) is 0 Å². The van der Waals surface area contributed by atoms with Crippen LogP contribution in [0.4, 0.5) is 0 Å². The lowest BCUT2D eigenvalue weighted by Gasteiger charge is -2.38. The molecule has 0 bridgehead atoms. The van der Waals surface area contributed by atoms with Crippen molar-refractivity contribution in [2.45, 2.75) is 70.5 Å². The molecule has 0 N–H and O–H groups in total. The molecule has 0 saturated carbocycles. The van der Waals surface area contributed by atoms with Crippen LogP contribution < -0.4 is 0 Å². The van der Waals surface area contributed by atoms with Crippen LogP contribution in [0.15, 0.2) is 0 Å². The van der Waals surface area contributed by atoms with Crippen molar-refractivity contribution in [3.05, 3.63) is 0 Å². The molecule has 3 heterocycles. The maximum Gasteiger partial charge on any atom is 0.316 e. The van der Waals surface area contributed by atoms with E-state index in [2.05, 4.69) is 0 Å². The fourth-order valence-corrected chi connectivity index (χ4v) is 2.89. The van der Waals surface area contributed by atoms with Gasteiger partial charge in [0.2, 0.25) is 0 Å². The molecule has 6 nitrogen and oxygen atoms in total. The smallest absolute Gasteiger partial charge is 0.316 e. The van der Waals surface area contributed by atoms with Crippen molar-refractivity contribution in [2.75, 3.05) is 13.2 Å². The fraction of sp³-hybridized carbons (Fsp3) is 1.00. The summed E-state index contributed by atoms with van der Waals surface area (Å²) in [5.41, 5.74) is 0. The zero-order valence-corrected chi connectivity index (χ0v) is 12.1. The molecule has 0 spiro atoms. The molecule has 0 radical (unpaired) electrons. The monoisotopic (exact) mass is 274 g/mol. The Balaban J connectivity index is 1.88. The summed E-state index contributed by atoms with van der Waals surface area (Å²) in [6.07, 6.45) is -0.895. The Morgan fingerprint density at radius 1 is 1.05 bits per heavy atom. The first kappa shape index (κ1) is 13.7. The molecule has 3 aliphatic rings. The Hall–Kier alpha value is -0.240. The van der Waals surface area contributed by atoms with Crippen molar-refractivity contribution in [1.82, 2.24) is 0 Å². The van der Waals surface area contributed by atoms with Crippen LogP contribution in [-0.4, -0.2) is 49.1 Å². The van der Waals surface area contributed by atoms with E-state index in [1.54, 1.807) is 0 Å². The predicted octanol–water partition coefficient (Wildman–Crippen LogP) is 1.38. The summed E-state index contributed by atoms with van der Waals surface area (Å²) in [5, 5.41) is 0. The fourth-order valence-electron chi connectivity index (χ4n) is 2.89. The molecule has 4 atom stereocenters. The number of fused-ring (bicyclic) bond motifs is 3. The zero-order chi connectivity index (χ0) is 13.9. The van der Waals surface area contributed by atoms with Gasteiger partial charge in [0.15, 0.2) is 17.7 Å². The van der Waals surface area contributed by atoms with Crippen molar-refractivity contribution in [1.29, 1.82) is 0 Å². The summed E-state index contributed by atoms with van der Waals surface area (Å²) in [6.45, 7) is 10.3. The van der Waals surface area contributed by atoms with Gasteiger partial charge in [0, 0.05) is 6.61 Å². The van der Waals surface area contributed by atoms with Gasteiger partial charge in [-0.15, -0.1) is 0 Å². The molecule has 3 fully saturated rings. The summed E-state index contributed by atoms with van der Waals surface area (Å²) < 4.78 is 35.0. The van der Waals surface area contributed by atoms with Crippen molar-refractivity contribution < 1.29 is 28.4 Å². The maximum absolute atomic E-state index is 5.94. The molecule has 0 aromatic rings. The predicted molar refractivity (Wildman–Crippen MR) is 64.2 cm³/mol. The van der Waals surface area contributed by atoms with E-state index < -0.39 is 23.7 Å². The largest absolute Gasteiger partial charge is 0.348 e. The second-order valence-corrected chi connectivity index (χ2v) is 6.03. The molecule has 0 amide bonds. The van der Waals surface area contributed by atoms with E-state index in [0.717, 1.165) is 0 Å². The highest BCUT2D eigenvalue weighted by atomic mass is 17.0. The molecular formula is C13H22O6. The van der Waals surface area contributed by atoms with Crippen LogP contribution in [0, 0.1) is 0 Å². The van der Waals surface area contributed by atoms with Gasteiger partial charge in [0.05, 0.1) is 6.61 Å².